The Balaban J connectivity index is 2.73. The molecule has 0 aliphatic rings. The number of carboxylic acid groups (broad SMARTS) is 1. The van der Waals surface area contributed by atoms with Gasteiger partial charge >= 0.3 is 5.97 Å². The fourth-order valence-corrected chi connectivity index (χ4v) is 1.11. The van der Waals surface area contributed by atoms with Gasteiger partial charge in [-0.3, -0.25) is 9.59 Å². The van der Waals surface area contributed by atoms with E-state index in [1.807, 2.05) is 6.07 Å². The van der Waals surface area contributed by atoms with Crippen LogP contribution in [0.5, 0.6) is 0 Å². The number of ketones is 1. The molecular weight excluding hydrogens is 206 g/mol. The zero-order valence-corrected chi connectivity index (χ0v) is 8.38. The number of hydrogen-bond donors (Lipinski definition) is 1. The summed E-state index contributed by atoms with van der Waals surface area (Å²) in [5.74, 6) is -1.63. The van der Waals surface area contributed by atoms with Gasteiger partial charge < -0.3 is 5.11 Å². The maximum absolute atomic E-state index is 11.0. The number of allylic oxidation sites excluding steroid dienone is 1. The molecule has 4 nitrogen and oxygen atoms in total. The number of aliphatic carboxylic acids is 1. The first-order chi connectivity index (χ1) is 7.61. The van der Waals surface area contributed by atoms with E-state index in [-0.39, 0.29) is 0 Å². The number of rotatable bonds is 4. The lowest BCUT2D eigenvalue weighted by Crippen LogP contribution is -2.02. The van der Waals surface area contributed by atoms with Crippen molar-refractivity contribution in [2.24, 2.45) is 0 Å². The maximum atomic E-state index is 11.0. The van der Waals surface area contributed by atoms with E-state index in [1.54, 1.807) is 24.3 Å². The quantitative estimate of drug-likeness (QED) is 0.611. The smallest absolute Gasteiger partial charge is 0.311 e. The molecule has 0 spiro atoms. The van der Waals surface area contributed by atoms with Crippen molar-refractivity contribution in [2.45, 2.75) is 6.42 Å². The average molecular weight is 215 g/mol. The summed E-state index contributed by atoms with van der Waals surface area (Å²) in [5.41, 5.74) is 1.19. The molecule has 0 unspecified atom stereocenters. The zero-order chi connectivity index (χ0) is 12.0. The Bertz CT molecular complexity index is 483. The van der Waals surface area contributed by atoms with E-state index < -0.39 is 18.2 Å². The number of benzene rings is 1. The van der Waals surface area contributed by atoms with Crippen LogP contribution >= 0.6 is 0 Å². The normalized spacial score (nSPS) is 9.94. The molecule has 0 fully saturated rings. The van der Waals surface area contributed by atoms with Crippen molar-refractivity contribution >= 4 is 17.8 Å². The van der Waals surface area contributed by atoms with Crippen LogP contribution in [0.15, 0.2) is 30.3 Å². The molecule has 1 N–H and O–H groups in total. The maximum Gasteiger partial charge on any atom is 0.311 e. The largest absolute Gasteiger partial charge is 0.481 e. The minimum Gasteiger partial charge on any atom is -0.481 e. The van der Waals surface area contributed by atoms with Gasteiger partial charge in [0.15, 0.2) is 5.78 Å². The number of hydrogen-bond acceptors (Lipinski definition) is 3. The number of carboxylic acids is 1. The second kappa shape index (κ2) is 5.47. The van der Waals surface area contributed by atoms with Crippen LogP contribution in [-0.2, 0) is 9.59 Å². The first kappa shape index (κ1) is 11.7. The molecule has 0 aliphatic heterocycles. The van der Waals surface area contributed by atoms with Crippen LogP contribution in [0.25, 0.3) is 6.08 Å². The molecule has 16 heavy (non-hydrogen) atoms. The molecule has 0 saturated carbocycles. The van der Waals surface area contributed by atoms with Gasteiger partial charge in [0.25, 0.3) is 0 Å². The number of carbonyl (C=O) groups is 2. The third-order valence-electron chi connectivity index (χ3n) is 1.80. The third-order valence-corrected chi connectivity index (χ3v) is 1.80. The van der Waals surface area contributed by atoms with Crippen LogP contribution < -0.4 is 0 Å². The molecule has 0 amide bonds. The second-order valence-electron chi connectivity index (χ2n) is 3.11. The molecule has 1 rings (SSSR count). The van der Waals surface area contributed by atoms with Crippen LogP contribution in [-0.4, -0.2) is 16.9 Å². The molecule has 0 aromatic heterocycles. The van der Waals surface area contributed by atoms with Gasteiger partial charge in [-0.1, -0.05) is 18.2 Å². The van der Waals surface area contributed by atoms with E-state index in [1.165, 1.54) is 12.2 Å². The molecule has 0 atom stereocenters. The average Bonchev–Trinajstić information content (AvgIpc) is 2.26. The molecule has 0 saturated heterocycles. The molecule has 0 heterocycles. The summed E-state index contributed by atoms with van der Waals surface area (Å²) < 4.78 is 0. The second-order valence-corrected chi connectivity index (χ2v) is 3.11. The number of carbonyl (C=O) groups excluding carboxylic acids is 1. The molecule has 0 bridgehead atoms. The Kier molecular flexibility index (Phi) is 3.98. The summed E-state index contributed by atoms with van der Waals surface area (Å²) in [5, 5.41) is 17.0. The highest BCUT2D eigenvalue weighted by Gasteiger charge is 2.02. The van der Waals surface area contributed by atoms with Gasteiger partial charge in [-0.05, 0) is 23.8 Å². The van der Waals surface area contributed by atoms with Crippen LogP contribution in [0.1, 0.15) is 17.5 Å². The van der Waals surface area contributed by atoms with Crippen molar-refractivity contribution in [3.8, 4) is 6.07 Å². The molecule has 80 valence electrons. The van der Waals surface area contributed by atoms with E-state index in [4.69, 9.17) is 10.4 Å². The fraction of sp³-hybridized carbons (Fsp3) is 0.0833. The molecule has 0 aliphatic carbocycles. The van der Waals surface area contributed by atoms with E-state index >= 15 is 0 Å². The van der Waals surface area contributed by atoms with Crippen molar-refractivity contribution in [2.75, 3.05) is 0 Å². The van der Waals surface area contributed by atoms with Gasteiger partial charge in [-0.15, -0.1) is 0 Å². The SMILES string of the molecule is N#Cc1cccc(C=CC(=O)CC(=O)O)c1. The highest BCUT2D eigenvalue weighted by atomic mass is 16.4. The summed E-state index contributed by atoms with van der Waals surface area (Å²) >= 11 is 0. The van der Waals surface area contributed by atoms with E-state index in [9.17, 15) is 9.59 Å². The highest BCUT2D eigenvalue weighted by Crippen LogP contribution is 2.06. The van der Waals surface area contributed by atoms with Crippen molar-refractivity contribution < 1.29 is 14.7 Å². The van der Waals surface area contributed by atoms with E-state index in [0.29, 0.717) is 11.1 Å². The van der Waals surface area contributed by atoms with Gasteiger partial charge in [0, 0.05) is 0 Å². The lowest BCUT2D eigenvalue weighted by atomic mass is 10.1. The monoisotopic (exact) mass is 215 g/mol. The van der Waals surface area contributed by atoms with E-state index in [0.717, 1.165) is 0 Å². The first-order valence-electron chi connectivity index (χ1n) is 4.54. The van der Waals surface area contributed by atoms with E-state index in [2.05, 4.69) is 0 Å². The number of nitrogens with zero attached hydrogens (tertiary/aromatic N) is 1. The van der Waals surface area contributed by atoms with Crippen molar-refractivity contribution in [3.63, 3.8) is 0 Å². The predicted octanol–water partition coefficient (Wildman–Crippen LogP) is 1.62. The number of nitriles is 1. The predicted molar refractivity (Wildman–Crippen MR) is 57.5 cm³/mol. The van der Waals surface area contributed by atoms with Crippen LogP contribution in [0.4, 0.5) is 0 Å². The van der Waals surface area contributed by atoms with Gasteiger partial charge in [0.1, 0.15) is 6.42 Å². The summed E-state index contributed by atoms with van der Waals surface area (Å²) in [6.45, 7) is 0. The van der Waals surface area contributed by atoms with Crippen LogP contribution in [0, 0.1) is 11.3 Å². The molecule has 4 heteroatoms. The summed E-state index contributed by atoms with van der Waals surface area (Å²) in [4.78, 5) is 21.3. The van der Waals surface area contributed by atoms with Crippen LogP contribution in [0.2, 0.25) is 0 Å². The Morgan fingerprint density at radius 1 is 1.44 bits per heavy atom. The first-order valence-corrected chi connectivity index (χ1v) is 4.54. The zero-order valence-electron chi connectivity index (χ0n) is 8.38. The van der Waals surface area contributed by atoms with Gasteiger partial charge in [0.05, 0.1) is 11.6 Å². The Hall–Kier alpha value is -2.41. The molecule has 0 radical (unpaired) electrons. The summed E-state index contributed by atoms with van der Waals surface area (Å²) in [7, 11) is 0. The van der Waals surface area contributed by atoms with Crippen molar-refractivity contribution in [1.29, 1.82) is 5.26 Å². The summed E-state index contributed by atoms with van der Waals surface area (Å²) in [6.07, 6.45) is 2.17. The Labute approximate surface area is 92.4 Å². The van der Waals surface area contributed by atoms with Gasteiger partial charge in [0.2, 0.25) is 0 Å². The van der Waals surface area contributed by atoms with Crippen molar-refractivity contribution in [1.82, 2.24) is 0 Å². The highest BCUT2D eigenvalue weighted by molar-refractivity contribution is 6.03. The minimum atomic E-state index is -1.15. The third kappa shape index (κ3) is 3.76. The lowest BCUT2D eigenvalue weighted by Gasteiger charge is -1.93. The fourth-order valence-electron chi connectivity index (χ4n) is 1.11. The van der Waals surface area contributed by atoms with Crippen LogP contribution in [0.3, 0.4) is 0 Å². The standard InChI is InChI=1S/C12H9NO3/c13-8-10-3-1-2-9(6-10)4-5-11(14)7-12(15)16/h1-6H,7H2,(H,15,16). The molecule has 1 aromatic rings. The minimum absolute atomic E-state index is 0.477. The van der Waals surface area contributed by atoms with Gasteiger partial charge in [-0.2, -0.15) is 5.26 Å². The van der Waals surface area contributed by atoms with Gasteiger partial charge in [-0.25, -0.2) is 0 Å². The topological polar surface area (TPSA) is 78.2 Å². The Morgan fingerprint density at radius 2 is 2.19 bits per heavy atom. The molecular formula is C12H9NO3. The summed E-state index contributed by atoms with van der Waals surface area (Å²) in [6, 6.07) is 8.66. The Morgan fingerprint density at radius 3 is 2.81 bits per heavy atom. The van der Waals surface area contributed by atoms with Crippen molar-refractivity contribution in [3.05, 3.63) is 41.5 Å². The lowest BCUT2D eigenvalue weighted by molar-refractivity contribution is -0.139. The molecule has 1 aromatic carbocycles.